The summed E-state index contributed by atoms with van der Waals surface area (Å²) in [6, 6.07) is 8.18. The molecule has 26 heavy (non-hydrogen) atoms. The minimum absolute atomic E-state index is 0.133. The summed E-state index contributed by atoms with van der Waals surface area (Å²) < 4.78 is 6.21. The number of thiophene rings is 1. The van der Waals surface area contributed by atoms with Crippen LogP contribution in [0, 0.1) is 6.92 Å². The van der Waals surface area contributed by atoms with Crippen LogP contribution in [0.15, 0.2) is 28.8 Å². The van der Waals surface area contributed by atoms with Gasteiger partial charge in [-0.3, -0.25) is 9.69 Å². The van der Waals surface area contributed by atoms with E-state index in [-0.39, 0.29) is 12.5 Å². The summed E-state index contributed by atoms with van der Waals surface area (Å²) in [6.07, 6.45) is 0. The highest BCUT2D eigenvalue weighted by Gasteiger charge is 2.25. The normalized spacial score (nSPS) is 15.7. The largest absolute Gasteiger partial charge is 0.338 e. The predicted octanol–water partition coefficient (Wildman–Crippen LogP) is 2.01. The lowest BCUT2D eigenvalue weighted by Gasteiger charge is -2.34. The Balaban J connectivity index is 1.40. The molecule has 0 radical (unpaired) electrons. The molecule has 0 saturated carbocycles. The number of aromatic nitrogens is 2. The van der Waals surface area contributed by atoms with Crippen LogP contribution >= 0.6 is 11.3 Å². The Morgan fingerprint density at radius 2 is 2.04 bits per heavy atom. The number of fused-ring (bicyclic) bond motifs is 1. The zero-order chi connectivity index (χ0) is 18.1. The van der Waals surface area contributed by atoms with Crippen LogP contribution in [0.3, 0.4) is 0 Å². The van der Waals surface area contributed by atoms with Crippen molar-refractivity contribution in [2.45, 2.75) is 20.0 Å². The highest BCUT2D eigenvalue weighted by molar-refractivity contribution is 7.21. The molecule has 8 heteroatoms. The Morgan fingerprint density at radius 1 is 1.27 bits per heavy atom. The van der Waals surface area contributed by atoms with Gasteiger partial charge in [-0.25, -0.2) is 0 Å². The Kier molecular flexibility index (Phi) is 4.71. The molecule has 0 spiro atoms. The average molecular weight is 371 g/mol. The number of hydrogen-bond donors (Lipinski definition) is 1. The number of nitrogens with zero attached hydrogens (tertiary/aromatic N) is 4. The second-order valence-corrected chi connectivity index (χ2v) is 7.48. The van der Waals surface area contributed by atoms with Crippen molar-refractivity contribution in [3.8, 4) is 0 Å². The molecular formula is C18H21N5O2S. The molecule has 1 saturated heterocycles. The summed E-state index contributed by atoms with van der Waals surface area (Å²) >= 11 is 1.59. The number of carbonyl (C=O) groups is 1. The van der Waals surface area contributed by atoms with Gasteiger partial charge in [-0.2, -0.15) is 4.98 Å². The molecule has 3 heterocycles. The summed E-state index contributed by atoms with van der Waals surface area (Å²) in [5.41, 5.74) is 6.57. The Labute approximate surface area is 155 Å². The van der Waals surface area contributed by atoms with Gasteiger partial charge in [-0.1, -0.05) is 23.4 Å². The number of carbonyl (C=O) groups excluding carboxylic acids is 1. The molecule has 0 unspecified atom stereocenters. The van der Waals surface area contributed by atoms with Crippen molar-refractivity contribution in [3.05, 3.63) is 46.4 Å². The SMILES string of the molecule is Cc1c(C(=O)N2CCN(Cc3noc(CN)n3)CC2)sc2ccccc12. The molecule has 2 aromatic heterocycles. The van der Waals surface area contributed by atoms with Crippen LogP contribution in [0.4, 0.5) is 0 Å². The van der Waals surface area contributed by atoms with E-state index in [9.17, 15) is 4.79 Å². The van der Waals surface area contributed by atoms with Crippen LogP contribution < -0.4 is 5.73 Å². The fraction of sp³-hybridized carbons (Fsp3) is 0.389. The molecule has 1 aliphatic rings. The Morgan fingerprint density at radius 3 is 2.73 bits per heavy atom. The maximum atomic E-state index is 13.0. The standard InChI is InChI=1S/C18H21N5O2S/c1-12-13-4-2-3-5-14(13)26-17(12)18(24)23-8-6-22(7-9-23)11-15-20-16(10-19)25-21-15/h2-5H,6-11,19H2,1H3. The van der Waals surface area contributed by atoms with Crippen molar-refractivity contribution in [2.24, 2.45) is 5.73 Å². The quantitative estimate of drug-likeness (QED) is 0.755. The first-order valence-corrected chi connectivity index (χ1v) is 9.48. The smallest absolute Gasteiger partial charge is 0.264 e. The van der Waals surface area contributed by atoms with Crippen molar-refractivity contribution >= 4 is 27.3 Å². The van der Waals surface area contributed by atoms with E-state index in [2.05, 4.69) is 27.2 Å². The van der Waals surface area contributed by atoms with E-state index >= 15 is 0 Å². The van der Waals surface area contributed by atoms with Crippen LogP contribution in [0.25, 0.3) is 10.1 Å². The van der Waals surface area contributed by atoms with Crippen LogP contribution in [0.2, 0.25) is 0 Å². The summed E-state index contributed by atoms with van der Waals surface area (Å²) in [7, 11) is 0. The maximum Gasteiger partial charge on any atom is 0.264 e. The molecule has 4 rings (SSSR count). The monoisotopic (exact) mass is 371 g/mol. The summed E-state index contributed by atoms with van der Waals surface area (Å²) in [5.74, 6) is 1.23. The minimum atomic E-state index is 0.133. The zero-order valence-corrected chi connectivity index (χ0v) is 15.5. The first-order valence-electron chi connectivity index (χ1n) is 8.67. The topological polar surface area (TPSA) is 88.5 Å². The van der Waals surface area contributed by atoms with Crippen LogP contribution in [0.1, 0.15) is 27.0 Å². The third-order valence-electron chi connectivity index (χ3n) is 4.75. The zero-order valence-electron chi connectivity index (χ0n) is 14.6. The van der Waals surface area contributed by atoms with E-state index in [1.165, 1.54) is 10.1 Å². The minimum Gasteiger partial charge on any atom is -0.338 e. The van der Waals surface area contributed by atoms with Gasteiger partial charge in [0.05, 0.1) is 18.0 Å². The van der Waals surface area contributed by atoms with E-state index in [0.29, 0.717) is 31.3 Å². The fourth-order valence-electron chi connectivity index (χ4n) is 3.27. The maximum absolute atomic E-state index is 13.0. The van der Waals surface area contributed by atoms with Gasteiger partial charge < -0.3 is 15.2 Å². The summed E-state index contributed by atoms with van der Waals surface area (Å²) in [6.45, 7) is 5.90. The summed E-state index contributed by atoms with van der Waals surface area (Å²) in [5, 5.41) is 5.11. The van der Waals surface area contributed by atoms with Gasteiger partial charge in [0.2, 0.25) is 5.89 Å². The van der Waals surface area contributed by atoms with Crippen molar-refractivity contribution < 1.29 is 9.32 Å². The molecule has 7 nitrogen and oxygen atoms in total. The lowest BCUT2D eigenvalue weighted by Crippen LogP contribution is -2.48. The van der Waals surface area contributed by atoms with E-state index < -0.39 is 0 Å². The molecule has 1 amide bonds. The molecule has 0 aliphatic carbocycles. The first-order chi connectivity index (χ1) is 12.7. The van der Waals surface area contributed by atoms with Crippen LogP contribution in [-0.4, -0.2) is 52.0 Å². The molecule has 1 aromatic carbocycles. The van der Waals surface area contributed by atoms with Gasteiger partial charge in [-0.15, -0.1) is 11.3 Å². The van der Waals surface area contributed by atoms with Crippen LogP contribution in [0.5, 0.6) is 0 Å². The number of hydrogen-bond acceptors (Lipinski definition) is 7. The van der Waals surface area contributed by atoms with Crippen molar-refractivity contribution in [1.82, 2.24) is 19.9 Å². The molecule has 136 valence electrons. The number of nitrogens with two attached hydrogens (primary N) is 1. The van der Waals surface area contributed by atoms with Gasteiger partial charge in [0.15, 0.2) is 5.82 Å². The average Bonchev–Trinajstić information content (AvgIpc) is 3.26. The Bertz CT molecular complexity index is 927. The highest BCUT2D eigenvalue weighted by atomic mass is 32.1. The van der Waals surface area contributed by atoms with Gasteiger partial charge >= 0.3 is 0 Å². The van der Waals surface area contributed by atoms with Gasteiger partial charge in [0.1, 0.15) is 0 Å². The number of aryl methyl sites for hydroxylation is 1. The van der Waals surface area contributed by atoms with Gasteiger partial charge in [0, 0.05) is 30.9 Å². The second kappa shape index (κ2) is 7.14. The van der Waals surface area contributed by atoms with Gasteiger partial charge in [0.25, 0.3) is 5.91 Å². The molecule has 0 atom stereocenters. The molecule has 0 bridgehead atoms. The lowest BCUT2D eigenvalue weighted by atomic mass is 10.1. The number of piperazine rings is 1. The first kappa shape index (κ1) is 17.1. The predicted molar refractivity (Wildman–Crippen MR) is 99.9 cm³/mol. The van der Waals surface area contributed by atoms with E-state index in [4.69, 9.17) is 10.3 Å². The molecule has 1 fully saturated rings. The molecule has 2 N–H and O–H groups in total. The van der Waals surface area contributed by atoms with Gasteiger partial charge in [-0.05, 0) is 23.9 Å². The van der Waals surface area contributed by atoms with Crippen molar-refractivity contribution in [1.29, 1.82) is 0 Å². The van der Waals surface area contributed by atoms with E-state index in [1.54, 1.807) is 11.3 Å². The molecule has 3 aromatic rings. The second-order valence-electron chi connectivity index (χ2n) is 6.43. The highest BCUT2D eigenvalue weighted by Crippen LogP contribution is 2.31. The third-order valence-corrected chi connectivity index (χ3v) is 6.01. The summed E-state index contributed by atoms with van der Waals surface area (Å²) in [4.78, 5) is 22.2. The molecule has 1 aliphatic heterocycles. The number of amides is 1. The fourth-order valence-corrected chi connectivity index (χ4v) is 4.45. The van der Waals surface area contributed by atoms with E-state index in [1.807, 2.05) is 24.0 Å². The number of rotatable bonds is 4. The number of benzene rings is 1. The van der Waals surface area contributed by atoms with E-state index in [0.717, 1.165) is 23.5 Å². The van der Waals surface area contributed by atoms with Crippen molar-refractivity contribution in [3.63, 3.8) is 0 Å². The lowest BCUT2D eigenvalue weighted by molar-refractivity contribution is 0.0628. The van der Waals surface area contributed by atoms with Crippen LogP contribution in [-0.2, 0) is 13.1 Å². The Hall–Kier alpha value is -2.29. The third kappa shape index (κ3) is 3.23. The van der Waals surface area contributed by atoms with Crippen molar-refractivity contribution in [2.75, 3.05) is 26.2 Å². The molecular weight excluding hydrogens is 350 g/mol.